The first-order chi connectivity index (χ1) is 9.94. The molecule has 4 fully saturated rings. The van der Waals surface area contributed by atoms with E-state index in [1.54, 1.807) is 0 Å². The number of hydrogen-bond donors (Lipinski definition) is 1. The number of carbonyl (C=O) groups excluding carboxylic acids is 1. The van der Waals surface area contributed by atoms with Gasteiger partial charge in [-0.05, 0) is 73.0 Å². The van der Waals surface area contributed by atoms with Gasteiger partial charge in [0.1, 0.15) is 5.78 Å². The minimum absolute atomic E-state index is 0.222. The van der Waals surface area contributed by atoms with E-state index >= 15 is 0 Å². The van der Waals surface area contributed by atoms with Gasteiger partial charge in [0.25, 0.3) is 0 Å². The second kappa shape index (κ2) is 4.57. The summed E-state index contributed by atoms with van der Waals surface area (Å²) < 4.78 is 0. The largest absolute Gasteiger partial charge is 0.393 e. The van der Waals surface area contributed by atoms with Crippen molar-refractivity contribution < 1.29 is 9.90 Å². The van der Waals surface area contributed by atoms with E-state index < -0.39 is 0 Å². The summed E-state index contributed by atoms with van der Waals surface area (Å²) >= 11 is 0. The second-order valence-corrected chi connectivity index (χ2v) is 9.12. The zero-order valence-corrected chi connectivity index (χ0v) is 13.6. The molecule has 7 atom stereocenters. The molecular weight excluding hydrogens is 260 g/mol. The van der Waals surface area contributed by atoms with Gasteiger partial charge in [0, 0.05) is 12.8 Å². The first-order valence-corrected chi connectivity index (χ1v) is 9.14. The fourth-order valence-electron chi connectivity index (χ4n) is 7.08. The molecule has 21 heavy (non-hydrogen) atoms. The number of Topliss-reactive ketones (excluding diaryl/α,β-unsaturated/α-hetero) is 1. The van der Waals surface area contributed by atoms with Crippen molar-refractivity contribution in [3.8, 4) is 0 Å². The molecule has 0 saturated heterocycles. The smallest absolute Gasteiger partial charge is 0.133 e. The number of aliphatic hydroxyl groups is 1. The van der Waals surface area contributed by atoms with Crippen LogP contribution in [0, 0.1) is 34.5 Å². The molecule has 0 aromatic heterocycles. The topological polar surface area (TPSA) is 37.3 Å². The van der Waals surface area contributed by atoms with Crippen LogP contribution in [-0.4, -0.2) is 17.0 Å². The molecule has 0 bridgehead atoms. The lowest BCUT2D eigenvalue weighted by Crippen LogP contribution is -2.57. The van der Waals surface area contributed by atoms with Gasteiger partial charge in [-0.25, -0.2) is 0 Å². The van der Waals surface area contributed by atoms with Crippen LogP contribution < -0.4 is 0 Å². The molecule has 0 spiro atoms. The highest BCUT2D eigenvalue weighted by Gasteiger charge is 2.60. The molecular formula is C19H30O2. The zero-order chi connectivity index (χ0) is 14.8. The highest BCUT2D eigenvalue weighted by molar-refractivity contribution is 5.79. The van der Waals surface area contributed by atoms with E-state index in [4.69, 9.17) is 0 Å². The van der Waals surface area contributed by atoms with E-state index in [9.17, 15) is 9.90 Å². The van der Waals surface area contributed by atoms with E-state index in [1.165, 1.54) is 32.1 Å². The normalized spacial score (nSPS) is 56.5. The van der Waals surface area contributed by atoms with Crippen molar-refractivity contribution >= 4 is 5.78 Å². The van der Waals surface area contributed by atoms with Gasteiger partial charge in [0.05, 0.1) is 6.10 Å². The van der Waals surface area contributed by atoms with Gasteiger partial charge in [-0.3, -0.25) is 4.79 Å². The summed E-state index contributed by atoms with van der Waals surface area (Å²) in [7, 11) is 0. The standard InChI is InChI=1S/C19H30O2/c1-18-7-3-4-14(18)13-11-17(21)16-10-12(20)5-9-19(16,2)15(13)6-8-18/h13-17,21H,3-11H2,1-2H3/t13-,14-,15-,16+,17-,18-,19+/m0/s1. The van der Waals surface area contributed by atoms with Crippen LogP contribution >= 0.6 is 0 Å². The Morgan fingerprint density at radius 2 is 1.86 bits per heavy atom. The van der Waals surface area contributed by atoms with Gasteiger partial charge in [0.15, 0.2) is 0 Å². The highest BCUT2D eigenvalue weighted by atomic mass is 16.3. The van der Waals surface area contributed by atoms with Crippen LogP contribution in [0.5, 0.6) is 0 Å². The average molecular weight is 290 g/mol. The van der Waals surface area contributed by atoms with Gasteiger partial charge >= 0.3 is 0 Å². The minimum Gasteiger partial charge on any atom is -0.393 e. The Hall–Kier alpha value is -0.370. The van der Waals surface area contributed by atoms with Crippen molar-refractivity contribution in [1.29, 1.82) is 0 Å². The third-order valence-electron chi connectivity index (χ3n) is 8.28. The van der Waals surface area contributed by atoms with E-state index in [0.29, 0.717) is 17.6 Å². The lowest BCUT2D eigenvalue weighted by atomic mass is 9.45. The maximum absolute atomic E-state index is 11.9. The zero-order valence-electron chi connectivity index (χ0n) is 13.6. The van der Waals surface area contributed by atoms with Crippen LogP contribution in [0.1, 0.15) is 71.6 Å². The monoisotopic (exact) mass is 290 g/mol. The van der Waals surface area contributed by atoms with Gasteiger partial charge in [-0.15, -0.1) is 0 Å². The predicted octanol–water partition coefficient (Wildman–Crippen LogP) is 3.96. The number of rotatable bonds is 0. The van der Waals surface area contributed by atoms with Crippen molar-refractivity contribution in [2.24, 2.45) is 34.5 Å². The van der Waals surface area contributed by atoms with E-state index in [0.717, 1.165) is 37.0 Å². The van der Waals surface area contributed by atoms with E-state index in [-0.39, 0.29) is 17.4 Å². The summed E-state index contributed by atoms with van der Waals surface area (Å²) in [6.45, 7) is 4.91. The molecule has 118 valence electrons. The fourth-order valence-corrected chi connectivity index (χ4v) is 7.08. The summed E-state index contributed by atoms with van der Waals surface area (Å²) in [5.74, 6) is 2.94. The molecule has 0 heterocycles. The Morgan fingerprint density at radius 3 is 2.67 bits per heavy atom. The Labute approximate surface area is 128 Å². The van der Waals surface area contributed by atoms with E-state index in [1.807, 2.05) is 0 Å². The molecule has 0 aromatic carbocycles. The van der Waals surface area contributed by atoms with Crippen LogP contribution in [0.15, 0.2) is 0 Å². The molecule has 1 N–H and O–H groups in total. The van der Waals surface area contributed by atoms with Crippen molar-refractivity contribution in [2.75, 3.05) is 0 Å². The summed E-state index contributed by atoms with van der Waals surface area (Å²) in [5, 5.41) is 10.8. The highest BCUT2D eigenvalue weighted by Crippen LogP contribution is 2.65. The lowest BCUT2D eigenvalue weighted by Gasteiger charge is -2.61. The summed E-state index contributed by atoms with van der Waals surface area (Å²) in [4.78, 5) is 11.9. The number of aliphatic hydroxyl groups excluding tert-OH is 1. The number of hydrogen-bond acceptors (Lipinski definition) is 2. The van der Waals surface area contributed by atoms with E-state index in [2.05, 4.69) is 13.8 Å². The molecule has 4 saturated carbocycles. The van der Waals surface area contributed by atoms with Gasteiger partial charge < -0.3 is 5.11 Å². The summed E-state index contributed by atoms with van der Waals surface area (Å²) in [5.41, 5.74) is 0.773. The molecule has 4 rings (SSSR count). The van der Waals surface area contributed by atoms with Gasteiger partial charge in [0.2, 0.25) is 0 Å². The number of fused-ring (bicyclic) bond motifs is 5. The van der Waals surface area contributed by atoms with Crippen molar-refractivity contribution in [3.05, 3.63) is 0 Å². The molecule has 0 aliphatic heterocycles. The van der Waals surface area contributed by atoms with Crippen LogP contribution in [0.2, 0.25) is 0 Å². The molecule has 4 aliphatic carbocycles. The quantitative estimate of drug-likeness (QED) is 0.733. The SMILES string of the molecule is C[C@@]12CCC[C@H]1[C@@H]1C[C@H](O)[C@H]3CC(=O)CC[C@]3(C)[C@H]1CC2. The van der Waals surface area contributed by atoms with Crippen molar-refractivity contribution in [1.82, 2.24) is 0 Å². The maximum Gasteiger partial charge on any atom is 0.133 e. The molecule has 0 unspecified atom stereocenters. The molecule has 4 aliphatic rings. The first-order valence-electron chi connectivity index (χ1n) is 9.14. The van der Waals surface area contributed by atoms with Crippen LogP contribution in [0.4, 0.5) is 0 Å². The third-order valence-corrected chi connectivity index (χ3v) is 8.28. The van der Waals surface area contributed by atoms with Crippen LogP contribution in [-0.2, 0) is 4.79 Å². The summed E-state index contributed by atoms with van der Waals surface area (Å²) in [6, 6.07) is 0. The Bertz CT molecular complexity index is 458. The second-order valence-electron chi connectivity index (χ2n) is 9.12. The molecule has 2 nitrogen and oxygen atoms in total. The lowest BCUT2D eigenvalue weighted by molar-refractivity contribution is -0.162. The third kappa shape index (κ3) is 1.90. The molecule has 0 radical (unpaired) electrons. The van der Waals surface area contributed by atoms with Crippen molar-refractivity contribution in [3.63, 3.8) is 0 Å². The van der Waals surface area contributed by atoms with Crippen molar-refractivity contribution in [2.45, 2.75) is 77.7 Å². The molecule has 0 amide bonds. The molecule has 2 heteroatoms. The van der Waals surface area contributed by atoms with Crippen LogP contribution in [0.3, 0.4) is 0 Å². The fraction of sp³-hybridized carbons (Fsp3) is 0.947. The minimum atomic E-state index is -0.233. The Balaban J connectivity index is 1.68. The van der Waals surface area contributed by atoms with Crippen LogP contribution in [0.25, 0.3) is 0 Å². The van der Waals surface area contributed by atoms with Gasteiger partial charge in [-0.1, -0.05) is 20.3 Å². The number of ketones is 1. The first kappa shape index (κ1) is 14.2. The number of carbonyl (C=O) groups is 1. The maximum atomic E-state index is 11.9. The Kier molecular flexibility index (Phi) is 3.10. The molecule has 0 aromatic rings. The summed E-state index contributed by atoms with van der Waals surface area (Å²) in [6.07, 6.45) is 10.0. The Morgan fingerprint density at radius 1 is 1.05 bits per heavy atom. The van der Waals surface area contributed by atoms with Gasteiger partial charge in [-0.2, -0.15) is 0 Å². The average Bonchev–Trinajstić information content (AvgIpc) is 2.83. The predicted molar refractivity (Wildman–Crippen MR) is 82.7 cm³/mol.